The molecule has 0 unspecified atom stereocenters. The van der Waals surface area contributed by atoms with Gasteiger partial charge in [0.15, 0.2) is 0 Å². The molecule has 1 rings (SSSR count). The van der Waals surface area contributed by atoms with Crippen LogP contribution in [-0.2, 0) is 11.3 Å². The van der Waals surface area contributed by atoms with Crippen LogP contribution in [0.25, 0.3) is 0 Å². The number of nitrogens with zero attached hydrogens (tertiary/aromatic N) is 1. The Hall–Kier alpha value is -1.33. The van der Waals surface area contributed by atoms with Crippen LogP contribution in [0.1, 0.15) is 5.56 Å². The van der Waals surface area contributed by atoms with Crippen LogP contribution < -0.4 is 5.46 Å². The zero-order valence-corrected chi connectivity index (χ0v) is 7.92. The summed E-state index contributed by atoms with van der Waals surface area (Å²) in [7, 11) is 0.245. The molecule has 2 N–H and O–H groups in total. The Morgan fingerprint density at radius 3 is 2.36 bits per heavy atom. The van der Waals surface area contributed by atoms with Gasteiger partial charge in [0.1, 0.15) is 0 Å². The summed E-state index contributed by atoms with van der Waals surface area (Å²) in [5.74, 6) is 0. The maximum absolute atomic E-state index is 10.3. The first kappa shape index (κ1) is 10.8. The molecule has 0 saturated heterocycles. The molecule has 0 aliphatic carbocycles. The lowest BCUT2D eigenvalue weighted by molar-refractivity contribution is -0.117. The van der Waals surface area contributed by atoms with Crippen LogP contribution in [0.15, 0.2) is 24.3 Å². The van der Waals surface area contributed by atoms with Gasteiger partial charge in [-0.1, -0.05) is 24.3 Å². The Labute approximate surface area is 82.9 Å². The first-order valence-corrected chi connectivity index (χ1v) is 4.24. The predicted octanol–water partition coefficient (Wildman–Crippen LogP) is -1.05. The van der Waals surface area contributed by atoms with Crippen molar-refractivity contribution in [2.24, 2.45) is 0 Å². The van der Waals surface area contributed by atoms with Crippen LogP contribution in [0, 0.1) is 0 Å². The fraction of sp³-hybridized carbons (Fsp3) is 0.222. The molecule has 1 amide bonds. The SMILES string of the molecule is CN(C=O)Cc1ccc(B(O)O)cc1. The van der Waals surface area contributed by atoms with Gasteiger partial charge in [0.2, 0.25) is 6.41 Å². The molecule has 0 atom stereocenters. The van der Waals surface area contributed by atoms with Gasteiger partial charge in [-0.25, -0.2) is 0 Å². The lowest BCUT2D eigenvalue weighted by Gasteiger charge is -2.10. The number of hydrogen-bond donors (Lipinski definition) is 2. The number of carbonyl (C=O) groups is 1. The van der Waals surface area contributed by atoms with Gasteiger partial charge in [0, 0.05) is 13.6 Å². The normalized spacial score (nSPS) is 9.64. The smallest absolute Gasteiger partial charge is 0.423 e. The molecule has 0 bridgehead atoms. The van der Waals surface area contributed by atoms with E-state index in [-0.39, 0.29) is 0 Å². The van der Waals surface area contributed by atoms with Crippen LogP contribution in [0.5, 0.6) is 0 Å². The maximum Gasteiger partial charge on any atom is 0.488 e. The summed E-state index contributed by atoms with van der Waals surface area (Å²) in [6.07, 6.45) is 0.745. The van der Waals surface area contributed by atoms with Crippen LogP contribution in [0.4, 0.5) is 0 Å². The van der Waals surface area contributed by atoms with Crippen molar-refractivity contribution in [1.29, 1.82) is 0 Å². The van der Waals surface area contributed by atoms with E-state index in [4.69, 9.17) is 10.0 Å². The van der Waals surface area contributed by atoms with E-state index in [1.54, 1.807) is 31.3 Å². The number of hydrogen-bond acceptors (Lipinski definition) is 3. The lowest BCUT2D eigenvalue weighted by atomic mass is 9.80. The van der Waals surface area contributed by atoms with E-state index >= 15 is 0 Å². The van der Waals surface area contributed by atoms with E-state index in [1.165, 1.54) is 4.90 Å². The third kappa shape index (κ3) is 2.87. The van der Waals surface area contributed by atoms with Crippen LogP contribution in [-0.4, -0.2) is 35.5 Å². The van der Waals surface area contributed by atoms with E-state index in [9.17, 15) is 4.79 Å². The minimum absolute atomic E-state index is 0.447. The Bertz CT molecular complexity index is 299. The van der Waals surface area contributed by atoms with E-state index in [1.807, 2.05) is 0 Å². The van der Waals surface area contributed by atoms with Crippen LogP contribution in [0.2, 0.25) is 0 Å². The molecule has 4 nitrogen and oxygen atoms in total. The second kappa shape index (κ2) is 4.78. The van der Waals surface area contributed by atoms with Crippen molar-refractivity contribution in [2.45, 2.75) is 6.54 Å². The van der Waals surface area contributed by atoms with Gasteiger partial charge < -0.3 is 14.9 Å². The highest BCUT2D eigenvalue weighted by Crippen LogP contribution is 1.99. The van der Waals surface area contributed by atoms with E-state index in [2.05, 4.69) is 0 Å². The first-order valence-electron chi connectivity index (χ1n) is 4.24. The van der Waals surface area contributed by atoms with Crippen molar-refractivity contribution in [3.63, 3.8) is 0 Å². The molecule has 0 aliphatic rings. The molecule has 14 heavy (non-hydrogen) atoms. The number of amides is 1. The zero-order chi connectivity index (χ0) is 10.6. The van der Waals surface area contributed by atoms with Crippen molar-refractivity contribution in [2.75, 3.05) is 7.05 Å². The second-order valence-corrected chi connectivity index (χ2v) is 3.14. The third-order valence-corrected chi connectivity index (χ3v) is 1.89. The standard InChI is InChI=1S/C9H12BNO3/c1-11(7-12)6-8-2-4-9(5-3-8)10(13)14/h2-5,7,13-14H,6H2,1H3. The summed E-state index contributed by atoms with van der Waals surface area (Å²) >= 11 is 0. The first-order chi connectivity index (χ1) is 6.63. The van der Waals surface area contributed by atoms with Crippen molar-refractivity contribution in [3.8, 4) is 0 Å². The van der Waals surface area contributed by atoms with Crippen LogP contribution in [0.3, 0.4) is 0 Å². The summed E-state index contributed by atoms with van der Waals surface area (Å²) in [4.78, 5) is 11.8. The van der Waals surface area contributed by atoms with Gasteiger partial charge in [-0.15, -0.1) is 0 Å². The quantitative estimate of drug-likeness (QED) is 0.474. The highest BCUT2D eigenvalue weighted by molar-refractivity contribution is 6.58. The molecule has 0 fully saturated rings. The van der Waals surface area contributed by atoms with Gasteiger partial charge >= 0.3 is 7.12 Å². The van der Waals surface area contributed by atoms with Crippen molar-refractivity contribution in [3.05, 3.63) is 29.8 Å². The molecule has 0 heterocycles. The average molecular weight is 193 g/mol. The minimum Gasteiger partial charge on any atom is -0.423 e. The summed E-state index contributed by atoms with van der Waals surface area (Å²) < 4.78 is 0. The van der Waals surface area contributed by atoms with Crippen LogP contribution >= 0.6 is 0 Å². The molecular formula is C9H12BNO3. The zero-order valence-electron chi connectivity index (χ0n) is 7.92. The molecule has 0 aliphatic heterocycles. The topological polar surface area (TPSA) is 60.8 Å². The number of benzene rings is 1. The molecule has 1 aromatic carbocycles. The maximum atomic E-state index is 10.3. The molecule has 74 valence electrons. The fourth-order valence-electron chi connectivity index (χ4n) is 1.12. The van der Waals surface area contributed by atoms with Gasteiger partial charge in [0.05, 0.1) is 0 Å². The van der Waals surface area contributed by atoms with Crippen molar-refractivity contribution in [1.82, 2.24) is 4.90 Å². The Kier molecular flexibility index (Phi) is 3.68. The van der Waals surface area contributed by atoms with Gasteiger partial charge in [-0.05, 0) is 11.0 Å². The van der Waals surface area contributed by atoms with Crippen molar-refractivity contribution < 1.29 is 14.8 Å². The van der Waals surface area contributed by atoms with Gasteiger partial charge in [0.25, 0.3) is 0 Å². The monoisotopic (exact) mass is 193 g/mol. The Balaban J connectivity index is 2.68. The second-order valence-electron chi connectivity index (χ2n) is 3.14. The predicted molar refractivity (Wildman–Crippen MR) is 53.8 cm³/mol. The summed E-state index contributed by atoms with van der Waals surface area (Å²) in [5, 5.41) is 17.7. The molecule has 0 aromatic heterocycles. The Morgan fingerprint density at radius 2 is 1.93 bits per heavy atom. The van der Waals surface area contributed by atoms with E-state index in [0.29, 0.717) is 12.0 Å². The van der Waals surface area contributed by atoms with E-state index in [0.717, 1.165) is 12.0 Å². The largest absolute Gasteiger partial charge is 0.488 e. The highest BCUT2D eigenvalue weighted by atomic mass is 16.4. The Morgan fingerprint density at radius 1 is 1.36 bits per heavy atom. The molecule has 0 spiro atoms. The molecule has 5 heteroatoms. The third-order valence-electron chi connectivity index (χ3n) is 1.89. The van der Waals surface area contributed by atoms with Gasteiger partial charge in [-0.3, -0.25) is 4.79 Å². The summed E-state index contributed by atoms with van der Waals surface area (Å²) in [5.41, 5.74) is 1.39. The molecule has 1 aromatic rings. The van der Waals surface area contributed by atoms with Crippen molar-refractivity contribution >= 4 is 19.0 Å². The minimum atomic E-state index is -1.44. The summed E-state index contributed by atoms with van der Waals surface area (Å²) in [6.45, 7) is 0.519. The molecule has 0 radical (unpaired) electrons. The van der Waals surface area contributed by atoms with E-state index < -0.39 is 7.12 Å². The number of carbonyl (C=O) groups excluding carboxylic acids is 1. The highest BCUT2D eigenvalue weighted by Gasteiger charge is 2.09. The average Bonchev–Trinajstić information content (AvgIpc) is 2.18. The van der Waals surface area contributed by atoms with Gasteiger partial charge in [-0.2, -0.15) is 0 Å². The fourth-order valence-corrected chi connectivity index (χ4v) is 1.12. The summed E-state index contributed by atoms with van der Waals surface area (Å²) in [6, 6.07) is 6.76. The number of rotatable bonds is 4. The molecule has 0 saturated carbocycles. The molecular weight excluding hydrogens is 181 g/mol. The lowest BCUT2D eigenvalue weighted by Crippen LogP contribution is -2.29.